The number of rotatable bonds is 4. The van der Waals surface area contributed by atoms with E-state index in [0.717, 1.165) is 63.5 Å². The first kappa shape index (κ1) is 33.4. The highest BCUT2D eigenvalue weighted by Crippen LogP contribution is 2.49. The van der Waals surface area contributed by atoms with Gasteiger partial charge in [-0.3, -0.25) is 0 Å². The van der Waals surface area contributed by atoms with E-state index in [-0.39, 0.29) is 10.8 Å². The summed E-state index contributed by atoms with van der Waals surface area (Å²) in [7, 11) is 0. The number of hydrogen-bond donors (Lipinski definition) is 4. The molecule has 0 unspecified atom stereocenters. The number of aromatic nitrogens is 4. The van der Waals surface area contributed by atoms with Crippen LogP contribution in [0.25, 0.3) is 22.5 Å². The van der Waals surface area contributed by atoms with Gasteiger partial charge in [-0.2, -0.15) is 0 Å². The lowest BCUT2D eigenvalue weighted by Gasteiger charge is -2.44. The van der Waals surface area contributed by atoms with Gasteiger partial charge in [0, 0.05) is 60.2 Å². The van der Waals surface area contributed by atoms with E-state index >= 15 is 0 Å². The van der Waals surface area contributed by atoms with Crippen molar-refractivity contribution in [3.8, 4) is 22.5 Å². The van der Waals surface area contributed by atoms with E-state index in [1.54, 1.807) is 24.5 Å². The first-order valence-electron chi connectivity index (χ1n) is 16.2. The summed E-state index contributed by atoms with van der Waals surface area (Å²) in [6.07, 6.45) is 10.4. The minimum Gasteiger partial charge on any atom is -0.382 e. The van der Waals surface area contributed by atoms with Crippen LogP contribution in [0.1, 0.15) is 38.5 Å². The minimum atomic E-state index is 0.255. The van der Waals surface area contributed by atoms with E-state index in [9.17, 15) is 0 Å². The Kier molecular flexibility index (Phi) is 9.02. The van der Waals surface area contributed by atoms with Crippen LogP contribution in [0.3, 0.4) is 0 Å². The number of nitrogens with two attached hydrogens (primary N) is 4. The predicted molar refractivity (Wildman–Crippen MR) is 197 cm³/mol. The average Bonchev–Trinajstić information content (AvgIpc) is 3.76. The molecular weight excluding hydrogens is 690 g/mol. The molecular formula is C34H38Cl4N10. The quantitative estimate of drug-likeness (QED) is 0.178. The highest BCUT2D eigenvalue weighted by Gasteiger charge is 2.50. The van der Waals surface area contributed by atoms with Crippen LogP contribution in [0.4, 0.5) is 23.3 Å². The molecule has 2 aromatic carbocycles. The molecule has 2 saturated carbocycles. The van der Waals surface area contributed by atoms with Crippen molar-refractivity contribution in [1.29, 1.82) is 0 Å². The highest BCUT2D eigenvalue weighted by atomic mass is 35.5. The van der Waals surface area contributed by atoms with Gasteiger partial charge >= 0.3 is 0 Å². The maximum absolute atomic E-state index is 6.27. The molecule has 4 heterocycles. The Morgan fingerprint density at radius 3 is 1.35 bits per heavy atom. The molecule has 8 N–H and O–H groups in total. The van der Waals surface area contributed by atoms with Gasteiger partial charge in [-0.15, -0.1) is 0 Å². The molecule has 4 aliphatic rings. The van der Waals surface area contributed by atoms with Crippen molar-refractivity contribution in [3.63, 3.8) is 0 Å². The number of nitrogens with zero attached hydrogens (tertiary/aromatic N) is 6. The topological polar surface area (TPSA) is 162 Å². The van der Waals surface area contributed by atoms with Crippen molar-refractivity contribution in [3.05, 3.63) is 68.9 Å². The fourth-order valence-electron chi connectivity index (χ4n) is 7.52. The third-order valence-electron chi connectivity index (χ3n) is 10.9. The molecule has 0 radical (unpaired) electrons. The highest BCUT2D eigenvalue weighted by molar-refractivity contribution is 6.44. The number of nitrogen functional groups attached to an aromatic ring is 2. The van der Waals surface area contributed by atoms with Crippen LogP contribution >= 0.6 is 46.4 Å². The molecule has 10 nitrogen and oxygen atoms in total. The predicted octanol–water partition coefficient (Wildman–Crippen LogP) is 6.70. The van der Waals surface area contributed by atoms with Crippen molar-refractivity contribution in [2.45, 2.75) is 50.6 Å². The first-order valence-corrected chi connectivity index (χ1v) is 17.7. The van der Waals surface area contributed by atoms with Crippen molar-refractivity contribution in [2.24, 2.45) is 22.3 Å². The standard InChI is InChI=1S/2C17H19Cl2N5/c2*18-11-3-1-2-10(14(11)19)15-16(21)23-13(8-22-15)24-7-6-17(9-24)5-4-12(17)20/h2*1-3,8,12H,4-7,9,20H2,(H2,21,23)/t2*12-,17-/m10/s1. The molecule has 2 aliphatic carbocycles. The second kappa shape index (κ2) is 13.0. The van der Waals surface area contributed by atoms with Crippen LogP contribution in [0.5, 0.6) is 0 Å². The van der Waals surface area contributed by atoms with Gasteiger partial charge in [0.05, 0.1) is 32.5 Å². The van der Waals surface area contributed by atoms with Crippen molar-refractivity contribution in [1.82, 2.24) is 19.9 Å². The van der Waals surface area contributed by atoms with Gasteiger partial charge < -0.3 is 32.7 Å². The summed E-state index contributed by atoms with van der Waals surface area (Å²) in [5, 5.41) is 1.82. The Morgan fingerprint density at radius 1 is 0.625 bits per heavy atom. The SMILES string of the molecule is Nc1nc(N2CC[C@@]3(CC[C@@H]3N)C2)cnc1-c1cccc(Cl)c1Cl.Nc1nc(N2CC[C@]3(CC[C@H]3N)C2)cnc1-c1cccc(Cl)c1Cl. The molecule has 2 aromatic heterocycles. The molecule has 2 saturated heterocycles. The fourth-order valence-corrected chi connectivity index (χ4v) is 8.30. The van der Waals surface area contributed by atoms with Gasteiger partial charge in [0.1, 0.15) is 23.0 Å². The molecule has 2 spiro atoms. The number of hydrogen-bond acceptors (Lipinski definition) is 10. The second-order valence-corrected chi connectivity index (χ2v) is 15.1. The van der Waals surface area contributed by atoms with Crippen LogP contribution < -0.4 is 32.7 Å². The van der Waals surface area contributed by atoms with E-state index in [1.807, 2.05) is 24.3 Å². The zero-order valence-corrected chi connectivity index (χ0v) is 29.4. The lowest BCUT2D eigenvalue weighted by molar-refractivity contribution is 0.122. The van der Waals surface area contributed by atoms with Crippen molar-refractivity contribution >= 4 is 69.7 Å². The van der Waals surface area contributed by atoms with Gasteiger partial charge in [-0.05, 0) is 50.7 Å². The molecule has 4 fully saturated rings. The van der Waals surface area contributed by atoms with Gasteiger partial charge in [0.25, 0.3) is 0 Å². The first-order chi connectivity index (χ1) is 23.0. The Hall–Kier alpha value is -3.12. The number of benzene rings is 2. The number of anilines is 4. The van der Waals surface area contributed by atoms with E-state index in [4.69, 9.17) is 69.3 Å². The molecule has 48 heavy (non-hydrogen) atoms. The molecule has 4 atom stereocenters. The lowest BCUT2D eigenvalue weighted by Crippen LogP contribution is -2.52. The van der Waals surface area contributed by atoms with Gasteiger partial charge in [-0.25, -0.2) is 19.9 Å². The van der Waals surface area contributed by atoms with Crippen LogP contribution in [0.2, 0.25) is 20.1 Å². The average molecular weight is 729 g/mol. The summed E-state index contributed by atoms with van der Waals surface area (Å²) in [5.74, 6) is 2.31. The summed E-state index contributed by atoms with van der Waals surface area (Å²) < 4.78 is 0. The molecule has 8 rings (SSSR count). The van der Waals surface area contributed by atoms with Gasteiger partial charge in [0.15, 0.2) is 11.6 Å². The summed E-state index contributed by atoms with van der Waals surface area (Å²) in [5.41, 5.74) is 27.7. The summed E-state index contributed by atoms with van der Waals surface area (Å²) in [4.78, 5) is 22.6. The van der Waals surface area contributed by atoms with E-state index in [0.29, 0.717) is 66.3 Å². The maximum atomic E-state index is 6.27. The molecule has 2 aliphatic heterocycles. The van der Waals surface area contributed by atoms with Crippen molar-refractivity contribution < 1.29 is 0 Å². The zero-order valence-electron chi connectivity index (χ0n) is 26.3. The lowest BCUT2D eigenvalue weighted by atomic mass is 9.64. The Labute approximate surface area is 300 Å². The third kappa shape index (κ3) is 5.90. The normalized spacial score (nSPS) is 26.0. The minimum absolute atomic E-state index is 0.255. The molecule has 252 valence electrons. The van der Waals surface area contributed by atoms with E-state index in [1.165, 1.54) is 12.8 Å². The van der Waals surface area contributed by atoms with Crippen molar-refractivity contribution in [2.75, 3.05) is 47.4 Å². The number of halogens is 4. The smallest absolute Gasteiger partial charge is 0.152 e. The summed E-state index contributed by atoms with van der Waals surface area (Å²) in [6.45, 7) is 3.75. The third-order valence-corrected chi connectivity index (χ3v) is 12.5. The maximum Gasteiger partial charge on any atom is 0.152 e. The molecule has 4 aromatic rings. The molecule has 0 bridgehead atoms. The van der Waals surface area contributed by atoms with Crippen LogP contribution in [0, 0.1) is 10.8 Å². The Bertz CT molecular complexity index is 1730. The van der Waals surface area contributed by atoms with Crippen LogP contribution in [0.15, 0.2) is 48.8 Å². The second-order valence-electron chi connectivity index (χ2n) is 13.5. The van der Waals surface area contributed by atoms with Crippen LogP contribution in [-0.4, -0.2) is 58.2 Å². The van der Waals surface area contributed by atoms with Gasteiger partial charge in [-0.1, -0.05) is 70.7 Å². The van der Waals surface area contributed by atoms with Crippen LogP contribution in [-0.2, 0) is 0 Å². The van der Waals surface area contributed by atoms with E-state index < -0.39 is 0 Å². The Morgan fingerprint density at radius 2 is 1.04 bits per heavy atom. The molecule has 0 amide bonds. The van der Waals surface area contributed by atoms with E-state index in [2.05, 4.69) is 29.7 Å². The fraction of sp³-hybridized carbons (Fsp3) is 0.412. The molecule has 14 heteroatoms. The van der Waals surface area contributed by atoms with Gasteiger partial charge in [0.2, 0.25) is 0 Å². The monoisotopic (exact) mass is 726 g/mol. The largest absolute Gasteiger partial charge is 0.382 e. The summed E-state index contributed by atoms with van der Waals surface area (Å²) >= 11 is 24.7. The Balaban J connectivity index is 0.000000152. The summed E-state index contributed by atoms with van der Waals surface area (Å²) in [6, 6.07) is 11.4. The zero-order chi connectivity index (χ0) is 33.8.